The van der Waals surface area contributed by atoms with Crippen LogP contribution in [0.5, 0.6) is 0 Å². The normalized spacial score (nSPS) is 17.0. The van der Waals surface area contributed by atoms with Gasteiger partial charge in [-0.3, -0.25) is 0 Å². The van der Waals surface area contributed by atoms with Crippen molar-refractivity contribution in [3.63, 3.8) is 0 Å². The van der Waals surface area contributed by atoms with Crippen LogP contribution in [-0.4, -0.2) is 12.4 Å². The Morgan fingerprint density at radius 1 is 1.71 bits per heavy atom. The lowest BCUT2D eigenvalue weighted by atomic mass is 10.3. The molecule has 0 aromatic carbocycles. The summed E-state index contributed by atoms with van der Waals surface area (Å²) in [6, 6.07) is 0. The van der Waals surface area contributed by atoms with Crippen molar-refractivity contribution in [3.05, 3.63) is 11.9 Å². The Labute approximate surface area is 40.9 Å². The van der Waals surface area contributed by atoms with Crippen LogP contribution in [0.4, 0.5) is 4.39 Å². The number of halogens is 1. The van der Waals surface area contributed by atoms with Crippen molar-refractivity contribution in [2.24, 2.45) is 0 Å². The SMILES string of the molecule is FC1=CC=[N+]=CC1. The van der Waals surface area contributed by atoms with Crippen LogP contribution in [-0.2, 0) is 0 Å². The van der Waals surface area contributed by atoms with E-state index in [0.717, 1.165) is 0 Å². The molecule has 2 heteroatoms. The Kier molecular flexibility index (Phi) is 1.05. The molecule has 0 radical (unpaired) electrons. The van der Waals surface area contributed by atoms with Crippen LogP contribution < -0.4 is 4.67 Å². The fourth-order valence-corrected chi connectivity index (χ4v) is 0.393. The molecule has 0 unspecified atom stereocenters. The standard InChI is InChI=1S/C5H5FN/c6-5-1-3-7-4-2-5/h1,3-4H,2H2/q+1. The molecule has 1 aliphatic rings. The predicted octanol–water partition coefficient (Wildman–Crippen LogP) is 0.452. The van der Waals surface area contributed by atoms with Gasteiger partial charge in [0.05, 0.1) is 12.5 Å². The molecule has 1 heterocycles. The van der Waals surface area contributed by atoms with Crippen molar-refractivity contribution < 1.29 is 4.39 Å². The van der Waals surface area contributed by atoms with Crippen molar-refractivity contribution >= 4 is 12.4 Å². The van der Waals surface area contributed by atoms with E-state index in [1.165, 1.54) is 18.5 Å². The average Bonchev–Trinajstić information content (AvgIpc) is 1.69. The lowest BCUT2D eigenvalue weighted by Crippen LogP contribution is -1.89. The first-order valence-corrected chi connectivity index (χ1v) is 2.09. The highest BCUT2D eigenvalue weighted by Gasteiger charge is 1.98. The van der Waals surface area contributed by atoms with Crippen molar-refractivity contribution in [1.29, 1.82) is 0 Å². The summed E-state index contributed by atoms with van der Waals surface area (Å²) in [5.41, 5.74) is 0. The topological polar surface area (TPSA) is 14.1 Å². The van der Waals surface area contributed by atoms with Gasteiger partial charge in [0.15, 0.2) is 0 Å². The third-order valence-electron chi connectivity index (χ3n) is 0.733. The first kappa shape index (κ1) is 4.28. The molecule has 0 saturated heterocycles. The maximum absolute atomic E-state index is 11.9. The van der Waals surface area contributed by atoms with Gasteiger partial charge in [0.1, 0.15) is 5.83 Å². The number of rotatable bonds is 0. The van der Waals surface area contributed by atoms with Gasteiger partial charge < -0.3 is 0 Å². The maximum Gasteiger partial charge on any atom is 0.294 e. The molecule has 0 spiro atoms. The minimum atomic E-state index is -0.116. The molecule has 0 fully saturated rings. The van der Waals surface area contributed by atoms with E-state index >= 15 is 0 Å². The van der Waals surface area contributed by atoms with E-state index in [4.69, 9.17) is 0 Å². The minimum absolute atomic E-state index is 0.116. The van der Waals surface area contributed by atoms with Gasteiger partial charge in [-0.25, -0.2) is 4.39 Å². The predicted molar refractivity (Wildman–Crippen MR) is 28.1 cm³/mol. The summed E-state index contributed by atoms with van der Waals surface area (Å²) in [6.07, 6.45) is 4.70. The summed E-state index contributed by atoms with van der Waals surface area (Å²) in [5, 5.41) is 0. The lowest BCUT2D eigenvalue weighted by molar-refractivity contribution is 0.627. The minimum Gasteiger partial charge on any atom is -0.211 e. The third kappa shape index (κ3) is 0.983. The molecule has 1 rings (SSSR count). The zero-order chi connectivity index (χ0) is 5.11. The average molecular weight is 98.1 g/mol. The van der Waals surface area contributed by atoms with Crippen LogP contribution in [0, 0.1) is 0 Å². The van der Waals surface area contributed by atoms with Crippen LogP contribution >= 0.6 is 0 Å². The molecule has 0 N–H and O–H groups in total. The van der Waals surface area contributed by atoms with Gasteiger partial charge >= 0.3 is 0 Å². The summed E-state index contributed by atoms with van der Waals surface area (Å²) in [6.45, 7) is 0. The fourth-order valence-electron chi connectivity index (χ4n) is 0.393. The van der Waals surface area contributed by atoms with Gasteiger partial charge in [0.25, 0.3) is 12.4 Å². The summed E-state index contributed by atoms with van der Waals surface area (Å²) >= 11 is 0. The van der Waals surface area contributed by atoms with Crippen LogP contribution in [0.15, 0.2) is 11.9 Å². The van der Waals surface area contributed by atoms with E-state index < -0.39 is 0 Å². The monoisotopic (exact) mass is 98.0 g/mol. The molecule has 0 bridgehead atoms. The summed E-state index contributed by atoms with van der Waals surface area (Å²) in [7, 11) is 0. The fraction of sp³-hybridized carbons (Fsp3) is 0.200. The van der Waals surface area contributed by atoms with Crippen LogP contribution in [0.1, 0.15) is 6.42 Å². The molecular formula is C5H5FN+. The summed E-state index contributed by atoms with van der Waals surface area (Å²) in [5.74, 6) is -0.116. The van der Waals surface area contributed by atoms with Crippen LogP contribution in [0.2, 0.25) is 0 Å². The molecule has 1 nitrogen and oxygen atoms in total. The van der Waals surface area contributed by atoms with E-state index in [1.54, 1.807) is 0 Å². The van der Waals surface area contributed by atoms with Gasteiger partial charge in [-0.05, 0) is 0 Å². The van der Waals surface area contributed by atoms with Gasteiger partial charge in [0.2, 0.25) is 0 Å². The Bertz CT molecular complexity index is 151. The Hall–Kier alpha value is -0.880. The van der Waals surface area contributed by atoms with Crippen molar-refractivity contribution in [3.8, 4) is 0 Å². The Morgan fingerprint density at radius 2 is 2.57 bits per heavy atom. The number of allylic oxidation sites excluding steroid dienone is 2. The molecule has 0 saturated carbocycles. The van der Waals surface area contributed by atoms with E-state index in [-0.39, 0.29) is 5.83 Å². The van der Waals surface area contributed by atoms with Gasteiger partial charge in [-0.15, -0.1) is 4.67 Å². The molecule has 1 aliphatic heterocycles. The second-order valence-electron chi connectivity index (χ2n) is 1.30. The maximum atomic E-state index is 11.9. The highest BCUT2D eigenvalue weighted by atomic mass is 19.1. The smallest absolute Gasteiger partial charge is 0.211 e. The number of nitrogens with zero attached hydrogens (tertiary/aromatic N) is 1. The van der Waals surface area contributed by atoms with Crippen LogP contribution in [0.25, 0.3) is 0 Å². The Morgan fingerprint density at radius 3 is 2.86 bits per heavy atom. The molecule has 0 amide bonds. The molecular weight excluding hydrogens is 93.1 g/mol. The van der Waals surface area contributed by atoms with Gasteiger partial charge in [0, 0.05) is 0 Å². The molecule has 7 heavy (non-hydrogen) atoms. The second-order valence-corrected chi connectivity index (χ2v) is 1.30. The van der Waals surface area contributed by atoms with Gasteiger partial charge in [-0.1, -0.05) is 0 Å². The van der Waals surface area contributed by atoms with Crippen molar-refractivity contribution in [2.75, 3.05) is 0 Å². The highest BCUT2D eigenvalue weighted by Crippen LogP contribution is 1.97. The molecule has 0 aromatic heterocycles. The first-order chi connectivity index (χ1) is 3.39. The lowest BCUT2D eigenvalue weighted by Gasteiger charge is -1.78. The quantitative estimate of drug-likeness (QED) is 0.390. The molecule has 0 atom stereocenters. The largest absolute Gasteiger partial charge is 0.294 e. The van der Waals surface area contributed by atoms with E-state index in [1.807, 2.05) is 0 Å². The van der Waals surface area contributed by atoms with Crippen molar-refractivity contribution in [1.82, 2.24) is 4.67 Å². The zero-order valence-corrected chi connectivity index (χ0v) is 3.76. The summed E-state index contributed by atoms with van der Waals surface area (Å²) in [4.78, 5) is 0. The van der Waals surface area contributed by atoms with E-state index in [2.05, 4.69) is 4.67 Å². The Balaban J connectivity index is 2.77. The summed E-state index contributed by atoms with van der Waals surface area (Å²) < 4.78 is 15.6. The van der Waals surface area contributed by atoms with E-state index in [0.29, 0.717) is 6.42 Å². The number of hydrogen-bond acceptors (Lipinski definition) is 0. The molecule has 36 valence electrons. The first-order valence-electron chi connectivity index (χ1n) is 2.09. The third-order valence-corrected chi connectivity index (χ3v) is 0.733. The zero-order valence-electron chi connectivity index (χ0n) is 3.76. The molecule has 0 aliphatic carbocycles. The van der Waals surface area contributed by atoms with Gasteiger partial charge in [-0.2, -0.15) is 0 Å². The van der Waals surface area contributed by atoms with E-state index in [9.17, 15) is 4.39 Å². The van der Waals surface area contributed by atoms with Crippen molar-refractivity contribution in [2.45, 2.75) is 6.42 Å². The second kappa shape index (κ2) is 1.71. The number of hydrogen-bond donors (Lipinski definition) is 0. The van der Waals surface area contributed by atoms with Crippen LogP contribution in [0.3, 0.4) is 0 Å². The molecule has 0 aromatic rings. The highest BCUT2D eigenvalue weighted by molar-refractivity contribution is 5.79.